The van der Waals surface area contributed by atoms with Crippen molar-refractivity contribution in [2.75, 3.05) is 0 Å². The van der Waals surface area contributed by atoms with Crippen molar-refractivity contribution in [2.24, 2.45) is 0 Å². The lowest BCUT2D eigenvalue weighted by atomic mass is 10.2. The van der Waals surface area contributed by atoms with Gasteiger partial charge in [0.25, 0.3) is 5.56 Å². The summed E-state index contributed by atoms with van der Waals surface area (Å²) in [5, 5.41) is 1.66. The molecule has 0 unspecified atom stereocenters. The van der Waals surface area contributed by atoms with Crippen LogP contribution in [0.25, 0.3) is 10.8 Å². The third-order valence-electron chi connectivity index (χ3n) is 3.00. The first kappa shape index (κ1) is 11.5. The van der Waals surface area contributed by atoms with Crippen LogP contribution in [0.5, 0.6) is 5.75 Å². The Morgan fingerprint density at radius 1 is 0.895 bits per heavy atom. The SMILES string of the molecule is O=c1c2ccccc2ccn1COc1ccccc1. The molecule has 2 aromatic carbocycles. The molecule has 0 N–H and O–H groups in total. The number of hydrogen-bond acceptors (Lipinski definition) is 2. The van der Waals surface area contributed by atoms with Crippen molar-refractivity contribution in [1.29, 1.82) is 0 Å². The van der Waals surface area contributed by atoms with Gasteiger partial charge in [-0.15, -0.1) is 0 Å². The van der Waals surface area contributed by atoms with E-state index in [1.165, 1.54) is 0 Å². The second-order valence-corrected chi connectivity index (χ2v) is 4.26. The summed E-state index contributed by atoms with van der Waals surface area (Å²) < 4.78 is 7.15. The van der Waals surface area contributed by atoms with E-state index < -0.39 is 0 Å². The van der Waals surface area contributed by atoms with Crippen molar-refractivity contribution in [2.45, 2.75) is 6.73 Å². The summed E-state index contributed by atoms with van der Waals surface area (Å²) in [4.78, 5) is 12.2. The molecule has 1 heterocycles. The van der Waals surface area contributed by atoms with Crippen molar-refractivity contribution >= 4 is 10.8 Å². The average molecular weight is 251 g/mol. The molecule has 3 aromatic rings. The Balaban J connectivity index is 1.90. The van der Waals surface area contributed by atoms with Gasteiger partial charge in [0.15, 0.2) is 6.73 Å². The van der Waals surface area contributed by atoms with Crippen LogP contribution in [0.15, 0.2) is 71.7 Å². The van der Waals surface area contributed by atoms with Crippen LogP contribution in [0.2, 0.25) is 0 Å². The lowest BCUT2D eigenvalue weighted by Gasteiger charge is -2.09. The smallest absolute Gasteiger partial charge is 0.261 e. The molecule has 3 heteroatoms. The van der Waals surface area contributed by atoms with Crippen LogP contribution in [0.1, 0.15) is 0 Å². The van der Waals surface area contributed by atoms with Crippen LogP contribution in [0.3, 0.4) is 0 Å². The second kappa shape index (κ2) is 4.98. The van der Waals surface area contributed by atoms with E-state index in [1.54, 1.807) is 10.8 Å². The second-order valence-electron chi connectivity index (χ2n) is 4.26. The topological polar surface area (TPSA) is 31.2 Å². The van der Waals surface area contributed by atoms with Crippen molar-refractivity contribution in [3.8, 4) is 5.75 Å². The number of aromatic nitrogens is 1. The molecule has 0 aliphatic rings. The van der Waals surface area contributed by atoms with Gasteiger partial charge in [0, 0.05) is 11.6 Å². The van der Waals surface area contributed by atoms with Gasteiger partial charge in [-0.25, -0.2) is 0 Å². The van der Waals surface area contributed by atoms with Gasteiger partial charge in [-0.2, -0.15) is 0 Å². The first-order chi connectivity index (χ1) is 9.34. The zero-order valence-corrected chi connectivity index (χ0v) is 10.3. The van der Waals surface area contributed by atoms with Gasteiger partial charge in [-0.1, -0.05) is 36.4 Å². The van der Waals surface area contributed by atoms with E-state index >= 15 is 0 Å². The molecule has 19 heavy (non-hydrogen) atoms. The largest absolute Gasteiger partial charge is 0.473 e. The summed E-state index contributed by atoms with van der Waals surface area (Å²) in [5.74, 6) is 0.752. The van der Waals surface area contributed by atoms with Crippen LogP contribution >= 0.6 is 0 Å². The molecule has 94 valence electrons. The highest BCUT2D eigenvalue weighted by Gasteiger charge is 2.02. The summed E-state index contributed by atoms with van der Waals surface area (Å²) in [6.07, 6.45) is 1.76. The van der Waals surface area contributed by atoms with Crippen molar-refractivity contribution in [3.63, 3.8) is 0 Å². The molecule has 0 saturated heterocycles. The van der Waals surface area contributed by atoms with Gasteiger partial charge in [0.2, 0.25) is 0 Å². The van der Waals surface area contributed by atoms with Crippen LogP contribution in [0, 0.1) is 0 Å². The van der Waals surface area contributed by atoms with Crippen LogP contribution in [0.4, 0.5) is 0 Å². The lowest BCUT2D eigenvalue weighted by Crippen LogP contribution is -2.22. The number of rotatable bonds is 3. The Bertz CT molecular complexity index is 747. The minimum absolute atomic E-state index is 0.0333. The molecule has 0 bridgehead atoms. The van der Waals surface area contributed by atoms with E-state index in [-0.39, 0.29) is 12.3 Å². The van der Waals surface area contributed by atoms with Gasteiger partial charge < -0.3 is 4.74 Å². The number of fused-ring (bicyclic) bond motifs is 1. The van der Waals surface area contributed by atoms with E-state index in [2.05, 4.69) is 0 Å². The average Bonchev–Trinajstić information content (AvgIpc) is 2.48. The Labute approximate surface area is 110 Å². The maximum Gasteiger partial charge on any atom is 0.261 e. The molecule has 3 nitrogen and oxygen atoms in total. The molecule has 0 aliphatic heterocycles. The van der Waals surface area contributed by atoms with Crippen LogP contribution < -0.4 is 10.3 Å². The quantitative estimate of drug-likeness (QED) is 0.716. The third kappa shape index (κ3) is 2.36. The molecule has 3 rings (SSSR count). The van der Waals surface area contributed by atoms with Crippen molar-refractivity contribution in [1.82, 2.24) is 4.57 Å². The zero-order valence-electron chi connectivity index (χ0n) is 10.3. The highest BCUT2D eigenvalue weighted by molar-refractivity contribution is 5.81. The van der Waals surface area contributed by atoms with E-state index in [0.717, 1.165) is 11.1 Å². The number of para-hydroxylation sites is 1. The summed E-state index contributed by atoms with van der Waals surface area (Å²) in [6.45, 7) is 0.216. The molecule has 1 aromatic heterocycles. The molecule has 0 amide bonds. The van der Waals surface area contributed by atoms with Gasteiger partial charge in [-0.05, 0) is 29.7 Å². The van der Waals surface area contributed by atoms with E-state index in [0.29, 0.717) is 5.39 Å². The van der Waals surface area contributed by atoms with Gasteiger partial charge in [0.05, 0.1) is 0 Å². The van der Waals surface area contributed by atoms with Crippen LogP contribution in [-0.4, -0.2) is 4.57 Å². The monoisotopic (exact) mass is 251 g/mol. The van der Waals surface area contributed by atoms with Gasteiger partial charge >= 0.3 is 0 Å². The normalized spacial score (nSPS) is 10.5. The molecule has 0 fully saturated rings. The maximum absolute atomic E-state index is 12.2. The summed E-state index contributed by atoms with van der Waals surface area (Å²) >= 11 is 0. The highest BCUT2D eigenvalue weighted by atomic mass is 16.5. The summed E-state index contributed by atoms with van der Waals surface area (Å²) in [6, 6.07) is 18.9. The molecular formula is C16H13NO2. The van der Waals surface area contributed by atoms with Crippen molar-refractivity contribution in [3.05, 3.63) is 77.2 Å². The number of benzene rings is 2. The fraction of sp³-hybridized carbons (Fsp3) is 0.0625. The first-order valence-corrected chi connectivity index (χ1v) is 6.10. The fourth-order valence-corrected chi connectivity index (χ4v) is 1.99. The Morgan fingerprint density at radius 3 is 2.47 bits per heavy atom. The predicted molar refractivity (Wildman–Crippen MR) is 75.3 cm³/mol. The van der Waals surface area contributed by atoms with E-state index in [1.807, 2.05) is 60.7 Å². The minimum Gasteiger partial charge on any atom is -0.473 e. The van der Waals surface area contributed by atoms with E-state index in [4.69, 9.17) is 4.74 Å². The predicted octanol–water partition coefficient (Wildman–Crippen LogP) is 3.04. The highest BCUT2D eigenvalue weighted by Crippen LogP contribution is 2.10. The lowest BCUT2D eigenvalue weighted by molar-refractivity contribution is 0.233. The van der Waals surface area contributed by atoms with Crippen molar-refractivity contribution < 1.29 is 4.74 Å². The Kier molecular flexibility index (Phi) is 3.02. The van der Waals surface area contributed by atoms with E-state index in [9.17, 15) is 4.79 Å². The Hall–Kier alpha value is -2.55. The number of pyridine rings is 1. The molecule has 0 aliphatic carbocycles. The maximum atomic E-state index is 12.2. The molecule has 0 spiro atoms. The summed E-state index contributed by atoms with van der Waals surface area (Å²) in [7, 11) is 0. The molecule has 0 radical (unpaired) electrons. The van der Waals surface area contributed by atoms with Crippen LogP contribution in [-0.2, 0) is 6.73 Å². The number of hydrogen-bond donors (Lipinski definition) is 0. The molecular weight excluding hydrogens is 238 g/mol. The van der Waals surface area contributed by atoms with Gasteiger partial charge in [0.1, 0.15) is 5.75 Å². The molecule has 0 atom stereocenters. The van der Waals surface area contributed by atoms with Gasteiger partial charge in [-0.3, -0.25) is 9.36 Å². The summed E-state index contributed by atoms with van der Waals surface area (Å²) in [5.41, 5.74) is -0.0333. The Morgan fingerprint density at radius 2 is 1.63 bits per heavy atom. The minimum atomic E-state index is -0.0333. The zero-order chi connectivity index (χ0) is 13.1. The third-order valence-corrected chi connectivity index (χ3v) is 3.00. The standard InChI is InChI=1S/C16H13NO2/c18-16-15-9-5-4-6-13(15)10-11-17(16)12-19-14-7-2-1-3-8-14/h1-11H,12H2. The molecule has 0 saturated carbocycles. The fourth-order valence-electron chi connectivity index (χ4n) is 1.99. The number of nitrogens with zero attached hydrogens (tertiary/aromatic N) is 1. The first-order valence-electron chi connectivity index (χ1n) is 6.10. The number of ether oxygens (including phenoxy) is 1.